The van der Waals surface area contributed by atoms with Crippen LogP contribution >= 0.6 is 12.2 Å². The van der Waals surface area contributed by atoms with Crippen LogP contribution in [0, 0.1) is 13.8 Å². The first-order valence-corrected chi connectivity index (χ1v) is 8.32. The monoisotopic (exact) mass is 354 g/mol. The van der Waals surface area contributed by atoms with Crippen molar-refractivity contribution in [2.24, 2.45) is 5.10 Å². The normalized spacial score (nSPS) is 11.0. The number of thiocarbonyl (C=S) groups is 1. The van der Waals surface area contributed by atoms with Gasteiger partial charge in [0, 0.05) is 18.3 Å². The maximum absolute atomic E-state index is 11.1. The molecule has 0 aliphatic rings. The number of hydrazone groups is 1. The van der Waals surface area contributed by atoms with Gasteiger partial charge in [0.2, 0.25) is 5.91 Å². The van der Waals surface area contributed by atoms with Crippen LogP contribution in [-0.2, 0) is 4.79 Å². The first-order chi connectivity index (χ1) is 11.8. The second-order valence-corrected chi connectivity index (χ2v) is 6.23. The highest BCUT2D eigenvalue weighted by Gasteiger charge is 2.02. The van der Waals surface area contributed by atoms with Gasteiger partial charge in [0.1, 0.15) is 0 Å². The number of carbonyl (C=O) groups excluding carboxylic acids is 1. The topological polar surface area (TPSA) is 65.5 Å². The fourth-order valence-electron chi connectivity index (χ4n) is 2.20. The minimum absolute atomic E-state index is 0.108. The molecular weight excluding hydrogens is 332 g/mol. The third-order valence-electron chi connectivity index (χ3n) is 3.69. The van der Waals surface area contributed by atoms with E-state index in [1.807, 2.05) is 49.4 Å². The zero-order valence-corrected chi connectivity index (χ0v) is 15.6. The molecule has 5 nitrogen and oxygen atoms in total. The summed E-state index contributed by atoms with van der Waals surface area (Å²) in [6.45, 7) is 7.48. The fourth-order valence-corrected chi connectivity index (χ4v) is 2.37. The van der Waals surface area contributed by atoms with E-state index in [1.54, 1.807) is 0 Å². The summed E-state index contributed by atoms with van der Waals surface area (Å²) in [6.07, 6.45) is 0. The lowest BCUT2D eigenvalue weighted by Gasteiger charge is -2.10. The summed E-state index contributed by atoms with van der Waals surface area (Å²) in [5.41, 5.74) is 8.58. The van der Waals surface area contributed by atoms with Crippen LogP contribution in [0.4, 0.5) is 11.4 Å². The van der Waals surface area contributed by atoms with Gasteiger partial charge in [-0.15, -0.1) is 0 Å². The van der Waals surface area contributed by atoms with E-state index >= 15 is 0 Å². The lowest BCUT2D eigenvalue weighted by Crippen LogP contribution is -2.25. The minimum Gasteiger partial charge on any atom is -0.331 e. The Bertz CT molecular complexity index is 830. The van der Waals surface area contributed by atoms with E-state index in [0.29, 0.717) is 5.11 Å². The Morgan fingerprint density at radius 2 is 1.68 bits per heavy atom. The molecule has 0 bridgehead atoms. The third-order valence-corrected chi connectivity index (χ3v) is 3.88. The molecule has 0 aliphatic carbocycles. The van der Waals surface area contributed by atoms with Crippen LogP contribution in [-0.4, -0.2) is 16.7 Å². The van der Waals surface area contributed by atoms with Gasteiger partial charge in [0.15, 0.2) is 5.11 Å². The maximum atomic E-state index is 11.1. The van der Waals surface area contributed by atoms with Crippen LogP contribution in [0.3, 0.4) is 0 Å². The largest absolute Gasteiger partial charge is 0.331 e. The molecule has 0 fully saturated rings. The van der Waals surface area contributed by atoms with Gasteiger partial charge in [-0.05, 0) is 73.9 Å². The first-order valence-electron chi connectivity index (χ1n) is 7.91. The van der Waals surface area contributed by atoms with Crippen LogP contribution in [0.2, 0.25) is 0 Å². The molecule has 6 heteroatoms. The molecule has 0 radical (unpaired) electrons. The summed E-state index contributed by atoms with van der Waals surface area (Å²) in [6, 6.07) is 13.5. The molecule has 2 aromatic rings. The highest BCUT2D eigenvalue weighted by atomic mass is 32.1. The van der Waals surface area contributed by atoms with Gasteiger partial charge in [0.25, 0.3) is 0 Å². The Kier molecular flexibility index (Phi) is 6.25. The quantitative estimate of drug-likeness (QED) is 0.441. The van der Waals surface area contributed by atoms with Crippen molar-refractivity contribution in [3.8, 4) is 0 Å². The van der Waals surface area contributed by atoms with Crippen LogP contribution in [0.1, 0.15) is 30.5 Å². The van der Waals surface area contributed by atoms with Crippen molar-refractivity contribution in [2.45, 2.75) is 27.7 Å². The van der Waals surface area contributed by atoms with Gasteiger partial charge in [0.05, 0.1) is 5.71 Å². The van der Waals surface area contributed by atoms with Crippen molar-refractivity contribution >= 4 is 40.3 Å². The standard InChI is InChI=1S/C19H22N4OS/c1-12-8-9-18(10-13(12)2)21-19(25)23-22-14(3)16-6-5-7-17(11-16)20-15(4)24/h5-11H,1-4H3,(H,20,24)(H2,21,23,25). The Morgan fingerprint density at radius 1 is 0.960 bits per heavy atom. The van der Waals surface area contributed by atoms with Gasteiger partial charge in [-0.25, -0.2) is 0 Å². The van der Waals surface area contributed by atoms with E-state index in [2.05, 4.69) is 35.0 Å². The average molecular weight is 354 g/mol. The molecule has 0 aromatic heterocycles. The van der Waals surface area contributed by atoms with Crippen molar-refractivity contribution in [3.05, 3.63) is 59.2 Å². The fraction of sp³-hybridized carbons (Fsp3) is 0.211. The predicted octanol–water partition coefficient (Wildman–Crippen LogP) is 3.97. The zero-order valence-electron chi connectivity index (χ0n) is 14.8. The van der Waals surface area contributed by atoms with E-state index in [0.717, 1.165) is 22.6 Å². The number of nitrogens with zero attached hydrogens (tertiary/aromatic N) is 1. The van der Waals surface area contributed by atoms with Crippen molar-refractivity contribution in [2.75, 3.05) is 10.6 Å². The second kappa shape index (κ2) is 8.39. The Balaban J connectivity index is 2.01. The first kappa shape index (κ1) is 18.6. The minimum atomic E-state index is -0.108. The van der Waals surface area contributed by atoms with Crippen LogP contribution in [0.5, 0.6) is 0 Å². The highest BCUT2D eigenvalue weighted by molar-refractivity contribution is 7.80. The van der Waals surface area contributed by atoms with E-state index in [9.17, 15) is 4.79 Å². The Hall–Kier alpha value is -2.73. The number of carbonyl (C=O) groups is 1. The third kappa shape index (κ3) is 5.69. The molecule has 0 saturated heterocycles. The smallest absolute Gasteiger partial charge is 0.221 e. The Morgan fingerprint density at radius 3 is 2.36 bits per heavy atom. The molecule has 0 saturated carbocycles. The number of hydrogen-bond donors (Lipinski definition) is 3. The van der Waals surface area contributed by atoms with Crippen molar-refractivity contribution < 1.29 is 4.79 Å². The van der Waals surface area contributed by atoms with Gasteiger partial charge in [-0.3, -0.25) is 10.2 Å². The summed E-state index contributed by atoms with van der Waals surface area (Å²) in [4.78, 5) is 11.1. The lowest BCUT2D eigenvalue weighted by molar-refractivity contribution is -0.114. The number of aryl methyl sites for hydroxylation is 2. The van der Waals surface area contributed by atoms with Gasteiger partial charge < -0.3 is 10.6 Å². The van der Waals surface area contributed by atoms with Crippen LogP contribution in [0.25, 0.3) is 0 Å². The van der Waals surface area contributed by atoms with E-state index in [4.69, 9.17) is 12.2 Å². The molecule has 3 N–H and O–H groups in total. The van der Waals surface area contributed by atoms with Gasteiger partial charge >= 0.3 is 0 Å². The molecule has 0 unspecified atom stereocenters. The predicted molar refractivity (Wildman–Crippen MR) is 108 cm³/mol. The molecule has 0 aliphatic heterocycles. The molecule has 0 spiro atoms. The maximum Gasteiger partial charge on any atom is 0.221 e. The average Bonchev–Trinajstić information content (AvgIpc) is 2.55. The number of hydrogen-bond acceptors (Lipinski definition) is 3. The number of nitrogens with one attached hydrogen (secondary N) is 3. The molecule has 0 heterocycles. The zero-order chi connectivity index (χ0) is 18.4. The molecule has 2 rings (SSSR count). The van der Waals surface area contributed by atoms with Crippen LogP contribution in [0.15, 0.2) is 47.6 Å². The lowest BCUT2D eigenvalue weighted by atomic mass is 10.1. The van der Waals surface area contributed by atoms with E-state index in [-0.39, 0.29) is 5.91 Å². The summed E-state index contributed by atoms with van der Waals surface area (Å²) < 4.78 is 0. The summed E-state index contributed by atoms with van der Waals surface area (Å²) in [7, 11) is 0. The Labute approximate surface area is 153 Å². The van der Waals surface area contributed by atoms with E-state index in [1.165, 1.54) is 18.1 Å². The highest BCUT2D eigenvalue weighted by Crippen LogP contribution is 2.14. The number of amides is 1. The number of benzene rings is 2. The number of anilines is 2. The van der Waals surface area contributed by atoms with Gasteiger partial charge in [-0.2, -0.15) is 5.10 Å². The molecular formula is C19H22N4OS. The van der Waals surface area contributed by atoms with E-state index < -0.39 is 0 Å². The van der Waals surface area contributed by atoms with Crippen LogP contribution < -0.4 is 16.1 Å². The molecule has 0 atom stereocenters. The summed E-state index contributed by atoms with van der Waals surface area (Å²) in [5, 5.41) is 10.6. The molecule has 2 aromatic carbocycles. The molecule has 25 heavy (non-hydrogen) atoms. The second-order valence-electron chi connectivity index (χ2n) is 5.82. The van der Waals surface area contributed by atoms with Crippen molar-refractivity contribution in [1.29, 1.82) is 0 Å². The molecule has 1 amide bonds. The summed E-state index contributed by atoms with van der Waals surface area (Å²) >= 11 is 5.28. The van der Waals surface area contributed by atoms with Gasteiger partial charge in [-0.1, -0.05) is 18.2 Å². The number of rotatable bonds is 4. The molecule has 130 valence electrons. The summed E-state index contributed by atoms with van der Waals surface area (Å²) in [5.74, 6) is -0.108. The van der Waals surface area contributed by atoms with Crippen molar-refractivity contribution in [1.82, 2.24) is 5.43 Å². The SMILES string of the molecule is CC(=O)Nc1cccc(C(C)=NNC(=S)Nc2ccc(C)c(C)c2)c1. The van der Waals surface area contributed by atoms with Crippen molar-refractivity contribution in [3.63, 3.8) is 0 Å².